The summed E-state index contributed by atoms with van der Waals surface area (Å²) in [5.74, 6) is -0.900. The van der Waals surface area contributed by atoms with E-state index in [1.165, 1.54) is 49.3 Å². The van der Waals surface area contributed by atoms with E-state index in [-0.39, 0.29) is 46.2 Å². The topological polar surface area (TPSA) is 139 Å². The minimum absolute atomic E-state index is 0.00676. The second-order valence-electron chi connectivity index (χ2n) is 11.1. The third kappa shape index (κ3) is 8.12. The van der Waals surface area contributed by atoms with Gasteiger partial charge in [-0.2, -0.15) is 0 Å². The summed E-state index contributed by atoms with van der Waals surface area (Å²) in [5.41, 5.74) is 0.584. The maximum absolute atomic E-state index is 14.2. The lowest BCUT2D eigenvalue weighted by Gasteiger charge is -2.33. The molecule has 11 nitrogen and oxygen atoms in total. The number of hydrogen-bond donors (Lipinski definition) is 1. The molecule has 1 N–H and O–H groups in total. The molecule has 0 bridgehead atoms. The predicted molar refractivity (Wildman–Crippen MR) is 172 cm³/mol. The van der Waals surface area contributed by atoms with E-state index in [0.717, 1.165) is 48.0 Å². The van der Waals surface area contributed by atoms with Crippen molar-refractivity contribution in [3.05, 3.63) is 93.0 Å². The fraction of sp³-hybridized carbons (Fsp3) is 0.375. The number of rotatable bonds is 12. The summed E-state index contributed by atoms with van der Waals surface area (Å²) in [4.78, 5) is 39.6. The van der Waals surface area contributed by atoms with Crippen LogP contribution in [0.3, 0.4) is 0 Å². The summed E-state index contributed by atoms with van der Waals surface area (Å²) in [6.45, 7) is 2.41. The van der Waals surface area contributed by atoms with Gasteiger partial charge in [0.25, 0.3) is 15.7 Å². The van der Waals surface area contributed by atoms with Crippen molar-refractivity contribution in [3.8, 4) is 5.75 Å². The lowest BCUT2D eigenvalue weighted by atomic mass is 9.95. The summed E-state index contributed by atoms with van der Waals surface area (Å²) in [6.07, 6.45) is 4.85. The van der Waals surface area contributed by atoms with Crippen LogP contribution in [0.5, 0.6) is 5.75 Å². The molecule has 1 fully saturated rings. The first kappa shape index (κ1) is 33.7. The van der Waals surface area contributed by atoms with Gasteiger partial charge in [0.2, 0.25) is 11.8 Å². The lowest BCUT2D eigenvalue weighted by molar-refractivity contribution is -0.385. The zero-order valence-corrected chi connectivity index (χ0v) is 27.0. The molecular formula is C32H37ClN4O7S. The van der Waals surface area contributed by atoms with Gasteiger partial charge in [-0.3, -0.25) is 24.0 Å². The van der Waals surface area contributed by atoms with Crippen molar-refractivity contribution in [3.63, 3.8) is 0 Å². The number of benzene rings is 3. The van der Waals surface area contributed by atoms with Gasteiger partial charge in [0, 0.05) is 29.2 Å². The number of methoxy groups -OCH3 is 1. The molecule has 240 valence electrons. The Balaban J connectivity index is 1.76. The molecule has 4 rings (SSSR count). The van der Waals surface area contributed by atoms with Crippen LogP contribution in [0.2, 0.25) is 5.02 Å². The van der Waals surface area contributed by atoms with Gasteiger partial charge in [-0.25, -0.2) is 8.42 Å². The third-order valence-corrected chi connectivity index (χ3v) is 9.96. The molecule has 2 amide bonds. The van der Waals surface area contributed by atoms with Gasteiger partial charge < -0.3 is 15.0 Å². The first-order valence-electron chi connectivity index (χ1n) is 14.7. The van der Waals surface area contributed by atoms with E-state index in [2.05, 4.69) is 5.32 Å². The number of anilines is 1. The minimum Gasteiger partial charge on any atom is -0.495 e. The predicted octanol–water partition coefficient (Wildman–Crippen LogP) is 5.63. The molecule has 3 aromatic carbocycles. The Morgan fingerprint density at radius 3 is 2.40 bits per heavy atom. The third-order valence-electron chi connectivity index (χ3n) is 7.97. The number of nitro benzene ring substituents is 1. The average molecular weight is 657 g/mol. The maximum atomic E-state index is 14.2. The maximum Gasteiger partial charge on any atom is 0.273 e. The number of nitrogens with zero attached hydrogens (tertiary/aromatic N) is 3. The molecule has 45 heavy (non-hydrogen) atoms. The van der Waals surface area contributed by atoms with Gasteiger partial charge in [0.05, 0.1) is 22.6 Å². The van der Waals surface area contributed by atoms with E-state index in [4.69, 9.17) is 16.3 Å². The summed E-state index contributed by atoms with van der Waals surface area (Å²) in [6, 6.07) is 16.0. The van der Waals surface area contributed by atoms with Gasteiger partial charge >= 0.3 is 0 Å². The normalized spacial score (nSPS) is 14.3. The molecule has 0 unspecified atom stereocenters. The van der Waals surface area contributed by atoms with Crippen LogP contribution in [-0.4, -0.2) is 55.8 Å². The molecular weight excluding hydrogens is 620 g/mol. The van der Waals surface area contributed by atoms with Crippen molar-refractivity contribution in [2.75, 3.05) is 18.0 Å². The van der Waals surface area contributed by atoms with E-state index in [1.807, 2.05) is 30.3 Å². The van der Waals surface area contributed by atoms with Crippen molar-refractivity contribution in [2.24, 2.45) is 0 Å². The smallest absolute Gasteiger partial charge is 0.273 e. The highest BCUT2D eigenvalue weighted by Crippen LogP contribution is 2.36. The lowest BCUT2D eigenvalue weighted by Crippen LogP contribution is -2.53. The number of halogens is 1. The number of aryl methyl sites for hydroxylation is 1. The molecule has 1 atom stereocenters. The molecule has 1 saturated carbocycles. The number of sulfonamides is 1. The van der Waals surface area contributed by atoms with Crippen LogP contribution in [0.15, 0.2) is 71.6 Å². The Morgan fingerprint density at radius 1 is 1.07 bits per heavy atom. The Kier molecular flexibility index (Phi) is 11.1. The second-order valence-corrected chi connectivity index (χ2v) is 13.4. The first-order chi connectivity index (χ1) is 21.4. The molecule has 3 aromatic rings. The van der Waals surface area contributed by atoms with Crippen LogP contribution in [0.1, 0.15) is 50.2 Å². The van der Waals surface area contributed by atoms with Crippen LogP contribution in [0.25, 0.3) is 0 Å². The Hall–Kier alpha value is -4.16. The largest absolute Gasteiger partial charge is 0.495 e. The molecule has 0 aliphatic heterocycles. The highest BCUT2D eigenvalue weighted by Gasteiger charge is 2.35. The summed E-state index contributed by atoms with van der Waals surface area (Å²) < 4.78 is 34.7. The van der Waals surface area contributed by atoms with Crippen LogP contribution < -0.4 is 14.4 Å². The van der Waals surface area contributed by atoms with Gasteiger partial charge in [-0.05, 0) is 56.5 Å². The molecule has 0 radical (unpaired) electrons. The molecule has 0 heterocycles. The molecule has 13 heteroatoms. The van der Waals surface area contributed by atoms with Crippen molar-refractivity contribution in [2.45, 2.75) is 69.5 Å². The number of carbonyl (C=O) groups excluding carboxylic acids is 2. The summed E-state index contributed by atoms with van der Waals surface area (Å²) >= 11 is 6.28. The molecule has 1 aliphatic rings. The Bertz CT molecular complexity index is 1650. The van der Waals surface area contributed by atoms with E-state index < -0.39 is 38.3 Å². The average Bonchev–Trinajstić information content (AvgIpc) is 3.02. The number of ether oxygens (including phenoxy) is 1. The van der Waals surface area contributed by atoms with Crippen LogP contribution in [-0.2, 0) is 26.2 Å². The highest BCUT2D eigenvalue weighted by molar-refractivity contribution is 7.92. The van der Waals surface area contributed by atoms with Gasteiger partial charge in [-0.1, -0.05) is 67.3 Å². The Labute approximate surface area is 268 Å². The molecule has 0 aromatic heterocycles. The van der Waals surface area contributed by atoms with Crippen molar-refractivity contribution >= 4 is 44.8 Å². The van der Waals surface area contributed by atoms with Crippen molar-refractivity contribution < 1.29 is 27.7 Å². The number of amides is 2. The van der Waals surface area contributed by atoms with Crippen molar-refractivity contribution in [1.82, 2.24) is 10.2 Å². The first-order valence-corrected chi connectivity index (χ1v) is 16.5. The van der Waals surface area contributed by atoms with E-state index in [1.54, 1.807) is 6.92 Å². The monoisotopic (exact) mass is 656 g/mol. The minimum atomic E-state index is -4.60. The van der Waals surface area contributed by atoms with Gasteiger partial charge in [0.15, 0.2) is 0 Å². The fourth-order valence-corrected chi connectivity index (χ4v) is 6.98. The van der Waals surface area contributed by atoms with E-state index in [0.29, 0.717) is 0 Å². The van der Waals surface area contributed by atoms with Gasteiger partial charge in [-0.15, -0.1) is 0 Å². The van der Waals surface area contributed by atoms with Crippen LogP contribution in [0.4, 0.5) is 11.4 Å². The number of hydrogen-bond acceptors (Lipinski definition) is 7. The summed E-state index contributed by atoms with van der Waals surface area (Å²) in [5, 5.41) is 14.9. The SMILES string of the molecule is COc1ccc(Cl)cc1N(CC(=O)N(Cc1ccccc1)[C@H](C)C(=O)NC1CCCCC1)S(=O)(=O)c1ccc(C)c([N+](=O)[O-])c1. The van der Waals surface area contributed by atoms with Crippen molar-refractivity contribution in [1.29, 1.82) is 0 Å². The quantitative estimate of drug-likeness (QED) is 0.197. The number of nitrogens with one attached hydrogen (secondary N) is 1. The van der Waals surface area contributed by atoms with E-state index >= 15 is 0 Å². The van der Waals surface area contributed by atoms with Gasteiger partial charge in [0.1, 0.15) is 18.3 Å². The highest BCUT2D eigenvalue weighted by atomic mass is 35.5. The zero-order chi connectivity index (χ0) is 32.7. The summed E-state index contributed by atoms with van der Waals surface area (Å²) in [7, 11) is -3.26. The molecule has 0 saturated heterocycles. The van der Waals surface area contributed by atoms with E-state index in [9.17, 15) is 28.1 Å². The van der Waals surface area contributed by atoms with Crippen LogP contribution in [0, 0.1) is 17.0 Å². The fourth-order valence-electron chi connectivity index (χ4n) is 5.38. The second kappa shape index (κ2) is 14.7. The zero-order valence-electron chi connectivity index (χ0n) is 25.4. The molecule has 1 aliphatic carbocycles. The standard InChI is InChI=1S/C32H37ClN4O7S/c1-22-14-16-27(19-28(22)37(40)41)45(42,43)36(29-18-25(33)15-17-30(29)44-3)21-31(38)35(20-24-10-6-4-7-11-24)23(2)32(39)34-26-12-8-5-9-13-26/h4,6-7,10-11,14-19,23,26H,5,8-9,12-13,20-21H2,1-3H3,(H,34,39)/t23-/m1/s1. The number of carbonyl (C=O) groups is 2. The van der Waals surface area contributed by atoms with Crippen LogP contribution >= 0.6 is 11.6 Å². The molecule has 0 spiro atoms. The number of nitro groups is 1. The Morgan fingerprint density at radius 2 is 1.76 bits per heavy atom.